The Hall–Kier alpha value is -4.88. The first-order valence-electron chi connectivity index (χ1n) is 14.3. The van der Waals surface area contributed by atoms with Crippen molar-refractivity contribution in [3.63, 3.8) is 0 Å². The number of aromatic nitrogens is 2. The van der Waals surface area contributed by atoms with Gasteiger partial charge in [0.1, 0.15) is 31.4 Å². The third-order valence-electron chi connectivity index (χ3n) is 7.08. The molecule has 2 aliphatic rings. The van der Waals surface area contributed by atoms with Crippen molar-refractivity contribution in [2.45, 2.75) is 23.1 Å². The van der Waals surface area contributed by atoms with Crippen LogP contribution in [0.15, 0.2) is 83.2 Å². The van der Waals surface area contributed by atoms with E-state index in [0.29, 0.717) is 58.5 Å². The molecule has 1 unspecified atom stereocenters. The van der Waals surface area contributed by atoms with Gasteiger partial charge in [-0.05, 0) is 60.5 Å². The van der Waals surface area contributed by atoms with Crippen LogP contribution in [-0.2, 0) is 15.3 Å². The molecule has 0 aliphatic carbocycles. The van der Waals surface area contributed by atoms with E-state index in [9.17, 15) is 19.1 Å². The summed E-state index contributed by atoms with van der Waals surface area (Å²) in [5.41, 5.74) is 1.49. The molecule has 2 aliphatic heterocycles. The van der Waals surface area contributed by atoms with Crippen LogP contribution in [0.4, 0.5) is 9.52 Å². The zero-order valence-corrected chi connectivity index (χ0v) is 26.2. The van der Waals surface area contributed by atoms with E-state index in [4.69, 9.17) is 18.9 Å². The largest absolute Gasteiger partial charge is 0.507 e. The lowest BCUT2D eigenvalue weighted by Crippen LogP contribution is -2.29. The minimum absolute atomic E-state index is 0.139. The first-order valence-corrected chi connectivity index (χ1v) is 16.1. The molecule has 236 valence electrons. The van der Waals surface area contributed by atoms with E-state index in [0.717, 1.165) is 16.9 Å². The van der Waals surface area contributed by atoms with Crippen LogP contribution in [0, 0.1) is 5.82 Å². The molecule has 10 nitrogen and oxygen atoms in total. The van der Waals surface area contributed by atoms with Crippen LogP contribution >= 0.6 is 23.1 Å². The van der Waals surface area contributed by atoms with Gasteiger partial charge in [-0.2, -0.15) is 0 Å². The number of rotatable bonds is 11. The maximum Gasteiger partial charge on any atom is 0.301 e. The SMILES string of the molecule is C=CCOc1ccc(C2C(=C(O)c3ccc4c(c3)OCCO4)C(=O)C(=O)N2c2nnc(SCc3ccc(F)cc3)s2)cc1OCC. The van der Waals surface area contributed by atoms with Crippen molar-refractivity contribution in [1.82, 2.24) is 10.2 Å². The fourth-order valence-electron chi connectivity index (χ4n) is 5.01. The van der Waals surface area contributed by atoms with Gasteiger partial charge in [0.05, 0.1) is 18.2 Å². The van der Waals surface area contributed by atoms with E-state index in [1.807, 2.05) is 6.92 Å². The number of thioether (sulfide) groups is 1. The zero-order valence-electron chi connectivity index (χ0n) is 24.6. The summed E-state index contributed by atoms with van der Waals surface area (Å²) in [5, 5.41) is 20.3. The Balaban J connectivity index is 1.42. The maximum atomic E-state index is 13.7. The number of benzene rings is 3. The third-order valence-corrected chi connectivity index (χ3v) is 9.20. The van der Waals surface area contributed by atoms with Crippen molar-refractivity contribution in [2.24, 2.45) is 0 Å². The molecule has 0 spiro atoms. The van der Waals surface area contributed by atoms with E-state index in [1.165, 1.54) is 28.8 Å². The maximum absolute atomic E-state index is 13.7. The van der Waals surface area contributed by atoms with E-state index in [-0.39, 0.29) is 34.5 Å². The normalized spacial score (nSPS) is 16.8. The number of aliphatic hydroxyl groups excluding tert-OH is 1. The van der Waals surface area contributed by atoms with Gasteiger partial charge >= 0.3 is 5.91 Å². The summed E-state index contributed by atoms with van der Waals surface area (Å²) >= 11 is 2.49. The summed E-state index contributed by atoms with van der Waals surface area (Å²) in [5.74, 6) is -0.228. The standard InChI is InChI=1S/C33H28FN3O7S2/c1-3-13-42-23-11-7-20(16-25(23)41-4-2)28-27(29(38)21-8-12-24-26(17-21)44-15-14-43-24)30(39)31(40)37(28)32-35-36-33(46-32)45-18-19-5-9-22(34)10-6-19/h3,5-12,16-17,28,38H,1,4,13-15,18H2,2H3. The highest BCUT2D eigenvalue weighted by atomic mass is 32.2. The molecule has 1 amide bonds. The number of nitrogens with zero attached hydrogens (tertiary/aromatic N) is 3. The van der Waals surface area contributed by atoms with E-state index < -0.39 is 17.7 Å². The summed E-state index contributed by atoms with van der Waals surface area (Å²) in [7, 11) is 0. The minimum Gasteiger partial charge on any atom is -0.507 e. The lowest BCUT2D eigenvalue weighted by Gasteiger charge is -2.24. The second-order valence-electron chi connectivity index (χ2n) is 10.0. The molecule has 0 saturated carbocycles. The quantitative estimate of drug-likeness (QED) is 0.0488. The summed E-state index contributed by atoms with van der Waals surface area (Å²) in [6.07, 6.45) is 1.60. The Kier molecular flexibility index (Phi) is 9.22. The molecule has 46 heavy (non-hydrogen) atoms. The molecule has 0 bridgehead atoms. The fourth-order valence-corrected chi connectivity index (χ4v) is 6.83. The number of halogens is 1. The Labute approximate surface area is 272 Å². The molecule has 13 heteroatoms. The van der Waals surface area contributed by atoms with Gasteiger partial charge in [-0.25, -0.2) is 4.39 Å². The lowest BCUT2D eigenvalue weighted by molar-refractivity contribution is -0.132. The van der Waals surface area contributed by atoms with Gasteiger partial charge in [-0.1, -0.05) is 54.0 Å². The number of carbonyl (C=O) groups is 2. The van der Waals surface area contributed by atoms with Gasteiger partial charge in [0.2, 0.25) is 5.13 Å². The number of hydrogen-bond donors (Lipinski definition) is 1. The highest BCUT2D eigenvalue weighted by Gasteiger charge is 2.48. The Morgan fingerprint density at radius 1 is 1.07 bits per heavy atom. The molecular formula is C33H28FN3O7S2. The van der Waals surface area contributed by atoms with Crippen molar-refractivity contribution in [3.05, 3.63) is 101 Å². The van der Waals surface area contributed by atoms with Crippen molar-refractivity contribution in [2.75, 3.05) is 31.3 Å². The Morgan fingerprint density at radius 2 is 1.85 bits per heavy atom. The molecular weight excluding hydrogens is 634 g/mol. The second kappa shape index (κ2) is 13.6. The number of carbonyl (C=O) groups excluding carboxylic acids is 2. The van der Waals surface area contributed by atoms with Crippen LogP contribution in [-0.4, -0.2) is 53.4 Å². The summed E-state index contributed by atoms with van der Waals surface area (Å²) in [6, 6.07) is 14.9. The van der Waals surface area contributed by atoms with Crippen LogP contribution in [0.3, 0.4) is 0 Å². The summed E-state index contributed by atoms with van der Waals surface area (Å²) in [4.78, 5) is 28.7. The topological polar surface area (TPSA) is 120 Å². The van der Waals surface area contributed by atoms with Gasteiger partial charge < -0.3 is 24.1 Å². The second-order valence-corrected chi connectivity index (χ2v) is 12.2. The number of ether oxygens (including phenoxy) is 4. The van der Waals surface area contributed by atoms with Crippen molar-refractivity contribution in [1.29, 1.82) is 0 Å². The predicted molar refractivity (Wildman–Crippen MR) is 171 cm³/mol. The first kappa shape index (κ1) is 31.1. The highest BCUT2D eigenvalue weighted by Crippen LogP contribution is 2.46. The summed E-state index contributed by atoms with van der Waals surface area (Å²) < 4.78 is 36.8. The molecule has 1 N–H and O–H groups in total. The first-order chi connectivity index (χ1) is 22.4. The van der Waals surface area contributed by atoms with Gasteiger partial charge in [0.25, 0.3) is 5.78 Å². The summed E-state index contributed by atoms with van der Waals surface area (Å²) in [6.45, 7) is 6.81. The number of aliphatic hydroxyl groups is 1. The van der Waals surface area contributed by atoms with Crippen molar-refractivity contribution < 1.29 is 38.0 Å². The van der Waals surface area contributed by atoms with Gasteiger partial charge in [0, 0.05) is 11.3 Å². The molecule has 1 saturated heterocycles. The average Bonchev–Trinajstić information content (AvgIpc) is 3.65. The molecule has 1 fully saturated rings. The number of ketones is 1. The van der Waals surface area contributed by atoms with Crippen LogP contribution in [0.2, 0.25) is 0 Å². The van der Waals surface area contributed by atoms with Crippen LogP contribution in [0.1, 0.15) is 29.7 Å². The lowest BCUT2D eigenvalue weighted by atomic mass is 9.95. The molecule has 1 aromatic heterocycles. The predicted octanol–water partition coefficient (Wildman–Crippen LogP) is 6.33. The minimum atomic E-state index is -1.08. The number of hydrogen-bond acceptors (Lipinski definition) is 11. The third kappa shape index (κ3) is 6.28. The van der Waals surface area contributed by atoms with Crippen molar-refractivity contribution >= 4 is 45.7 Å². The molecule has 3 heterocycles. The van der Waals surface area contributed by atoms with Crippen LogP contribution in [0.5, 0.6) is 23.0 Å². The monoisotopic (exact) mass is 661 g/mol. The Bertz CT molecular complexity index is 1830. The molecule has 4 aromatic rings. The highest BCUT2D eigenvalue weighted by molar-refractivity contribution is 8.00. The number of amides is 1. The molecule has 6 rings (SSSR count). The van der Waals surface area contributed by atoms with Crippen molar-refractivity contribution in [3.8, 4) is 23.0 Å². The molecule has 3 aromatic carbocycles. The average molecular weight is 662 g/mol. The number of anilines is 1. The molecule has 1 atom stereocenters. The van der Waals surface area contributed by atoms with Crippen LogP contribution in [0.25, 0.3) is 5.76 Å². The number of fused-ring (bicyclic) bond motifs is 1. The zero-order chi connectivity index (χ0) is 32.2. The van der Waals surface area contributed by atoms with Gasteiger partial charge in [-0.3, -0.25) is 14.5 Å². The van der Waals surface area contributed by atoms with E-state index in [1.54, 1.807) is 54.6 Å². The smallest absolute Gasteiger partial charge is 0.301 e. The van der Waals surface area contributed by atoms with Crippen LogP contribution < -0.4 is 23.8 Å². The van der Waals surface area contributed by atoms with Gasteiger partial charge in [0.15, 0.2) is 27.3 Å². The van der Waals surface area contributed by atoms with E-state index >= 15 is 0 Å². The number of Topliss-reactive ketones (excluding diaryl/α,β-unsaturated/α-hetero) is 1. The molecule has 0 radical (unpaired) electrons. The van der Waals surface area contributed by atoms with Gasteiger partial charge in [-0.15, -0.1) is 10.2 Å². The Morgan fingerprint density at radius 3 is 2.61 bits per heavy atom. The van der Waals surface area contributed by atoms with E-state index in [2.05, 4.69) is 16.8 Å². The fraction of sp³-hybridized carbons (Fsp3) is 0.212.